The molecule has 73 heavy (non-hydrogen) atoms. The molecule has 6 aliphatic rings. The maximum absolute atomic E-state index is 16.4. The molecule has 1 aromatic heterocycles. The molecule has 3 saturated heterocycles. The maximum atomic E-state index is 16.4. The highest BCUT2D eigenvalue weighted by Gasteiger charge is 2.63. The molecule has 4 fully saturated rings. The summed E-state index contributed by atoms with van der Waals surface area (Å²) in [6, 6.07) is 13.2. The Morgan fingerprint density at radius 2 is 1.79 bits per heavy atom. The fraction of sp³-hybridized carbons (Fsp3) is 0.455. The standard InChI is InChI=1S/C55H56ClF4N7O6/c1-51(2,3)24-42-54(27-62-38-22-41(55(58,59)60)61-25-35(38)54)44(33-11-8-12-36(56)45(33)57)46(64-42)48(70)63-37-16-14-30(21-40(37)73-6)49(71)67-28-53(20-19-52(67,4)5)23-31(53)15-13-29-9-7-10-32-34(29)26-66(50(32)72)39-17-18-43(68)65-47(39)69/h7-12,14,16,21-22,25,31,39,42,44,46,62,64H,17-20,23-24,26-28H2,1-6H3,(H,63,70)(H,65,68,69)/t31-,39?,42+,44+,46-,53+,54+/m1/s1. The van der Waals surface area contributed by atoms with Crippen LogP contribution in [-0.2, 0) is 32.5 Å². The number of alkyl halides is 3. The summed E-state index contributed by atoms with van der Waals surface area (Å²) < 4.78 is 64.1. The first-order valence-corrected chi connectivity index (χ1v) is 24.9. The van der Waals surface area contributed by atoms with Gasteiger partial charge in [-0.25, -0.2) is 4.39 Å². The number of pyridine rings is 1. The van der Waals surface area contributed by atoms with E-state index in [-0.39, 0.29) is 88.1 Å². The number of hydrogen-bond donors (Lipinski definition) is 4. The molecule has 1 unspecified atom stereocenters. The van der Waals surface area contributed by atoms with Crippen molar-refractivity contribution in [2.24, 2.45) is 16.7 Å². The van der Waals surface area contributed by atoms with Crippen molar-refractivity contribution < 1.29 is 46.3 Å². The van der Waals surface area contributed by atoms with Crippen LogP contribution in [0.2, 0.25) is 5.02 Å². The zero-order chi connectivity index (χ0) is 52.2. The first kappa shape index (κ1) is 50.0. The van der Waals surface area contributed by atoms with E-state index < -0.39 is 64.5 Å². The molecule has 1 saturated carbocycles. The lowest BCUT2D eigenvalue weighted by atomic mass is 9.63. The topological polar surface area (TPSA) is 162 Å². The van der Waals surface area contributed by atoms with Crippen LogP contribution in [0, 0.1) is 34.4 Å². The quantitative estimate of drug-likeness (QED) is 0.0808. The first-order valence-electron chi connectivity index (χ1n) is 24.6. The molecule has 18 heteroatoms. The molecule has 1 aliphatic carbocycles. The van der Waals surface area contributed by atoms with Crippen LogP contribution in [0.15, 0.2) is 66.9 Å². The highest BCUT2D eigenvalue weighted by Crippen LogP contribution is 2.60. The van der Waals surface area contributed by atoms with E-state index >= 15 is 4.39 Å². The zero-order valence-corrected chi connectivity index (χ0v) is 42.0. The fourth-order valence-corrected chi connectivity index (χ4v) is 12.3. The smallest absolute Gasteiger partial charge is 0.433 e. The van der Waals surface area contributed by atoms with Gasteiger partial charge >= 0.3 is 6.18 Å². The second kappa shape index (κ2) is 17.9. The molecular weight excluding hydrogens is 966 g/mol. The van der Waals surface area contributed by atoms with Crippen LogP contribution < -0.4 is 26.0 Å². The van der Waals surface area contributed by atoms with Gasteiger partial charge < -0.3 is 30.5 Å². The molecular formula is C55H56ClF4N7O6. The monoisotopic (exact) mass is 1020 g/mol. The van der Waals surface area contributed by atoms with Crippen molar-refractivity contribution >= 4 is 52.5 Å². The number of nitrogens with one attached hydrogen (secondary N) is 4. The van der Waals surface area contributed by atoms with E-state index in [1.165, 1.54) is 24.3 Å². The number of hydrogen-bond acceptors (Lipinski definition) is 9. The predicted molar refractivity (Wildman–Crippen MR) is 264 cm³/mol. The van der Waals surface area contributed by atoms with Gasteiger partial charge in [-0.3, -0.25) is 34.3 Å². The third-order valence-corrected chi connectivity index (χ3v) is 16.4. The van der Waals surface area contributed by atoms with Gasteiger partial charge in [-0.05, 0) is 105 Å². The van der Waals surface area contributed by atoms with Crippen LogP contribution in [0.5, 0.6) is 5.75 Å². The van der Waals surface area contributed by atoms with E-state index in [1.54, 1.807) is 42.5 Å². The van der Waals surface area contributed by atoms with Crippen molar-refractivity contribution in [1.29, 1.82) is 0 Å². The second-order valence-corrected chi connectivity index (χ2v) is 22.7. The van der Waals surface area contributed by atoms with Crippen LogP contribution >= 0.6 is 11.6 Å². The molecule has 4 aromatic rings. The number of halogens is 5. The second-order valence-electron chi connectivity index (χ2n) is 22.3. The Bertz CT molecular complexity index is 3070. The molecule has 10 rings (SSSR count). The Morgan fingerprint density at radius 1 is 1.03 bits per heavy atom. The number of anilines is 2. The minimum Gasteiger partial charge on any atom is -0.495 e. The van der Waals surface area contributed by atoms with Crippen molar-refractivity contribution in [3.8, 4) is 17.6 Å². The number of carbonyl (C=O) groups excluding carboxylic acids is 5. The van der Waals surface area contributed by atoms with E-state index in [9.17, 15) is 37.1 Å². The molecule has 382 valence electrons. The van der Waals surface area contributed by atoms with Crippen molar-refractivity contribution in [2.45, 2.75) is 121 Å². The number of amides is 5. The summed E-state index contributed by atoms with van der Waals surface area (Å²) in [5, 5.41) is 11.8. The van der Waals surface area contributed by atoms with Crippen LogP contribution in [0.25, 0.3) is 0 Å². The van der Waals surface area contributed by atoms with E-state index in [2.05, 4.69) is 38.1 Å². The molecule has 7 atom stereocenters. The molecule has 3 aromatic carbocycles. The Kier molecular flexibility index (Phi) is 12.2. The lowest BCUT2D eigenvalue weighted by Gasteiger charge is -2.46. The van der Waals surface area contributed by atoms with Gasteiger partial charge in [0.05, 0.1) is 23.9 Å². The minimum atomic E-state index is -4.71. The van der Waals surface area contributed by atoms with Gasteiger partial charge in [0, 0.05) is 94.4 Å². The third kappa shape index (κ3) is 8.77. The number of piperidine rings is 2. The number of carbonyl (C=O) groups is 5. The third-order valence-electron chi connectivity index (χ3n) is 16.1. The van der Waals surface area contributed by atoms with E-state index in [4.69, 9.17) is 16.3 Å². The number of rotatable bonds is 7. The summed E-state index contributed by atoms with van der Waals surface area (Å²) in [5.41, 5.74) is -0.116. The van der Waals surface area contributed by atoms with E-state index in [0.29, 0.717) is 35.2 Å². The average Bonchev–Trinajstić information content (AvgIpc) is 3.52. The number of benzene rings is 3. The number of fused-ring (bicyclic) bond motifs is 3. The largest absolute Gasteiger partial charge is 0.495 e. The summed E-state index contributed by atoms with van der Waals surface area (Å²) in [6.45, 7) is 10.8. The highest BCUT2D eigenvalue weighted by molar-refractivity contribution is 6.30. The summed E-state index contributed by atoms with van der Waals surface area (Å²) in [5.74, 6) is 3.35. The first-order chi connectivity index (χ1) is 34.4. The van der Waals surface area contributed by atoms with Crippen LogP contribution in [0.1, 0.15) is 128 Å². The van der Waals surface area contributed by atoms with Gasteiger partial charge in [0.1, 0.15) is 23.3 Å². The van der Waals surface area contributed by atoms with Gasteiger partial charge in [0.25, 0.3) is 11.8 Å². The zero-order valence-electron chi connectivity index (χ0n) is 41.3. The number of methoxy groups -OCH3 is 1. The SMILES string of the molecule is COc1cc(C(=O)N2C[C@]3(CCC2(C)C)C[C@H]3C#Cc2cccc3c2CN(C2CCC(=O)NC2=O)C3=O)ccc1NC(=O)[C@@H]1N[C@@H](CC(C)(C)C)[C@@]2(CNc3cc(C(F)(F)F)ncc32)[C@H]1c1cccc(Cl)c1F. The van der Waals surface area contributed by atoms with Crippen molar-refractivity contribution in [3.63, 3.8) is 0 Å². The molecule has 0 radical (unpaired) electrons. The Labute approximate surface area is 425 Å². The minimum absolute atomic E-state index is 0.0112. The lowest BCUT2D eigenvalue weighted by Crippen LogP contribution is -2.54. The molecule has 5 aliphatic heterocycles. The van der Waals surface area contributed by atoms with Gasteiger partial charge in [-0.15, -0.1) is 0 Å². The maximum Gasteiger partial charge on any atom is 0.433 e. The molecule has 13 nitrogen and oxygen atoms in total. The average molecular weight is 1020 g/mol. The van der Waals surface area contributed by atoms with Gasteiger partial charge in [-0.2, -0.15) is 13.2 Å². The predicted octanol–water partition coefficient (Wildman–Crippen LogP) is 8.60. The number of aromatic nitrogens is 1. The summed E-state index contributed by atoms with van der Waals surface area (Å²) in [6.07, 6.45) is -0.299. The van der Waals surface area contributed by atoms with Crippen LogP contribution in [0.4, 0.5) is 28.9 Å². The van der Waals surface area contributed by atoms with Crippen molar-refractivity contribution in [3.05, 3.63) is 117 Å². The number of likely N-dealkylation sites (tertiary alicyclic amines) is 1. The molecule has 2 spiro atoms. The number of imide groups is 1. The number of nitrogens with zero attached hydrogens (tertiary/aromatic N) is 3. The number of ether oxygens (including phenoxy) is 1. The summed E-state index contributed by atoms with van der Waals surface area (Å²) >= 11 is 6.40. The molecule has 0 bridgehead atoms. The van der Waals surface area contributed by atoms with Crippen LogP contribution in [0.3, 0.4) is 0 Å². The Hall–Kier alpha value is -6.51. The van der Waals surface area contributed by atoms with Gasteiger partial charge in [-0.1, -0.05) is 62.4 Å². The normalized spacial score (nSPS) is 27.0. The summed E-state index contributed by atoms with van der Waals surface area (Å²) in [7, 11) is 1.42. The molecule has 6 heterocycles. The van der Waals surface area contributed by atoms with Crippen molar-refractivity contribution in [2.75, 3.05) is 30.8 Å². The fourth-order valence-electron chi connectivity index (χ4n) is 12.1. The Morgan fingerprint density at radius 3 is 2.52 bits per heavy atom. The van der Waals surface area contributed by atoms with E-state index in [1.807, 2.05) is 45.6 Å². The lowest BCUT2D eigenvalue weighted by molar-refractivity contribution is -0.141. The van der Waals surface area contributed by atoms with Gasteiger partial charge in [0.2, 0.25) is 17.7 Å². The summed E-state index contributed by atoms with van der Waals surface area (Å²) in [4.78, 5) is 74.7. The molecule has 5 amide bonds. The van der Waals surface area contributed by atoms with Crippen LogP contribution in [-0.4, -0.2) is 88.2 Å². The Balaban J connectivity index is 0.895. The van der Waals surface area contributed by atoms with E-state index in [0.717, 1.165) is 30.9 Å². The highest BCUT2D eigenvalue weighted by atomic mass is 35.5. The van der Waals surface area contributed by atoms with Crippen molar-refractivity contribution in [1.82, 2.24) is 25.4 Å². The van der Waals surface area contributed by atoms with Gasteiger partial charge in [0.15, 0.2) is 0 Å². The molecule has 4 N–H and O–H groups in total.